The van der Waals surface area contributed by atoms with Crippen LogP contribution in [0.5, 0.6) is 5.75 Å². The number of rotatable bonds is 5. The summed E-state index contributed by atoms with van der Waals surface area (Å²) in [5, 5.41) is 8.98. The fourth-order valence-electron chi connectivity index (χ4n) is 1.41. The topological polar surface area (TPSA) is 49.8 Å². The first kappa shape index (κ1) is 14.4. The maximum atomic E-state index is 13.3. The molecule has 2 atom stereocenters. The highest BCUT2D eigenvalue weighted by Crippen LogP contribution is 2.17. The van der Waals surface area contributed by atoms with E-state index >= 15 is 0 Å². The smallest absolute Gasteiger partial charge is 0.263 e. The zero-order valence-corrected chi connectivity index (χ0v) is 10.8. The van der Waals surface area contributed by atoms with Crippen molar-refractivity contribution in [3.05, 3.63) is 30.1 Å². The number of likely N-dealkylation sites (N-methyl/N-ethyl adjacent to an activating group) is 1. The molecule has 100 valence electrons. The van der Waals surface area contributed by atoms with Crippen LogP contribution in [0, 0.1) is 5.82 Å². The predicted molar refractivity (Wildman–Crippen MR) is 65.8 cm³/mol. The fourth-order valence-corrected chi connectivity index (χ4v) is 1.41. The third-order valence-corrected chi connectivity index (χ3v) is 2.76. The lowest BCUT2D eigenvalue weighted by Gasteiger charge is -2.26. The number of para-hydroxylation sites is 1. The Hall–Kier alpha value is -1.62. The van der Waals surface area contributed by atoms with Crippen molar-refractivity contribution in [3.63, 3.8) is 0 Å². The average molecular weight is 255 g/mol. The number of aliphatic hydroxyl groups is 1. The van der Waals surface area contributed by atoms with Gasteiger partial charge in [0.15, 0.2) is 17.7 Å². The Morgan fingerprint density at radius 3 is 2.61 bits per heavy atom. The summed E-state index contributed by atoms with van der Waals surface area (Å²) in [5.41, 5.74) is 0. The standard InChI is InChI=1S/C13H18FNO3/c1-9(8-16)15(3)13(17)10(2)18-12-7-5-4-6-11(12)14/h4-7,9-10,16H,8H2,1-3H3. The number of nitrogens with zero attached hydrogens (tertiary/aromatic N) is 1. The van der Waals surface area contributed by atoms with Crippen molar-refractivity contribution >= 4 is 5.91 Å². The molecule has 0 aromatic heterocycles. The van der Waals surface area contributed by atoms with E-state index in [0.29, 0.717) is 0 Å². The van der Waals surface area contributed by atoms with Crippen LogP contribution in [0.25, 0.3) is 0 Å². The molecule has 0 aliphatic carbocycles. The first-order valence-electron chi connectivity index (χ1n) is 5.76. The highest BCUT2D eigenvalue weighted by Gasteiger charge is 2.23. The summed E-state index contributed by atoms with van der Waals surface area (Å²) in [6.45, 7) is 3.14. The molecule has 4 nitrogen and oxygen atoms in total. The molecular weight excluding hydrogens is 237 g/mol. The van der Waals surface area contributed by atoms with Gasteiger partial charge in [0, 0.05) is 7.05 Å². The molecule has 0 saturated carbocycles. The van der Waals surface area contributed by atoms with Crippen molar-refractivity contribution in [2.24, 2.45) is 0 Å². The van der Waals surface area contributed by atoms with Gasteiger partial charge in [-0.25, -0.2) is 4.39 Å². The summed E-state index contributed by atoms with van der Waals surface area (Å²) in [7, 11) is 1.57. The number of amides is 1. The van der Waals surface area contributed by atoms with Crippen LogP contribution in [-0.2, 0) is 4.79 Å². The first-order chi connectivity index (χ1) is 8.47. The number of carbonyl (C=O) groups excluding carboxylic acids is 1. The van der Waals surface area contributed by atoms with E-state index in [4.69, 9.17) is 9.84 Å². The SMILES string of the molecule is CC(Oc1ccccc1F)C(=O)N(C)C(C)CO. The Kier molecular flexibility index (Phi) is 5.09. The minimum absolute atomic E-state index is 0.0448. The molecular formula is C13H18FNO3. The number of hydrogen-bond acceptors (Lipinski definition) is 3. The van der Waals surface area contributed by atoms with Crippen molar-refractivity contribution in [3.8, 4) is 5.75 Å². The zero-order chi connectivity index (χ0) is 13.7. The fraction of sp³-hybridized carbons (Fsp3) is 0.462. The Morgan fingerprint density at radius 1 is 1.44 bits per heavy atom. The Bertz CT molecular complexity index is 411. The number of aliphatic hydroxyl groups excluding tert-OH is 1. The van der Waals surface area contributed by atoms with E-state index < -0.39 is 11.9 Å². The van der Waals surface area contributed by atoms with Gasteiger partial charge in [-0.2, -0.15) is 0 Å². The van der Waals surface area contributed by atoms with Gasteiger partial charge in [-0.05, 0) is 26.0 Å². The van der Waals surface area contributed by atoms with E-state index in [-0.39, 0.29) is 24.3 Å². The summed E-state index contributed by atoms with van der Waals surface area (Å²) in [4.78, 5) is 13.3. The molecule has 1 aromatic carbocycles. The highest BCUT2D eigenvalue weighted by molar-refractivity contribution is 5.80. The molecule has 0 radical (unpaired) electrons. The van der Waals surface area contributed by atoms with Gasteiger partial charge in [0.2, 0.25) is 0 Å². The average Bonchev–Trinajstić information content (AvgIpc) is 2.38. The molecule has 0 fully saturated rings. The number of ether oxygens (including phenoxy) is 1. The van der Waals surface area contributed by atoms with Crippen molar-refractivity contribution in [2.75, 3.05) is 13.7 Å². The van der Waals surface area contributed by atoms with Gasteiger partial charge in [-0.1, -0.05) is 12.1 Å². The van der Waals surface area contributed by atoms with Crippen molar-refractivity contribution in [1.29, 1.82) is 0 Å². The van der Waals surface area contributed by atoms with Gasteiger partial charge in [0.05, 0.1) is 12.6 Å². The molecule has 0 aliphatic heterocycles. The van der Waals surface area contributed by atoms with Gasteiger partial charge in [0.1, 0.15) is 0 Å². The van der Waals surface area contributed by atoms with Crippen LogP contribution in [0.15, 0.2) is 24.3 Å². The van der Waals surface area contributed by atoms with Gasteiger partial charge < -0.3 is 14.7 Å². The monoisotopic (exact) mass is 255 g/mol. The van der Waals surface area contributed by atoms with Crippen LogP contribution >= 0.6 is 0 Å². The van der Waals surface area contributed by atoms with Crippen LogP contribution in [0.4, 0.5) is 4.39 Å². The minimum Gasteiger partial charge on any atom is -0.478 e. The molecule has 5 heteroatoms. The second-order valence-corrected chi connectivity index (χ2v) is 4.17. The number of hydrogen-bond donors (Lipinski definition) is 1. The van der Waals surface area contributed by atoms with E-state index in [2.05, 4.69) is 0 Å². The molecule has 18 heavy (non-hydrogen) atoms. The number of benzene rings is 1. The molecule has 0 saturated heterocycles. The Balaban J connectivity index is 2.68. The van der Waals surface area contributed by atoms with E-state index in [0.717, 1.165) is 0 Å². The maximum absolute atomic E-state index is 13.3. The Labute approximate surface area is 106 Å². The second-order valence-electron chi connectivity index (χ2n) is 4.17. The molecule has 0 heterocycles. The van der Waals surface area contributed by atoms with E-state index in [1.54, 1.807) is 33.0 Å². The molecule has 1 N–H and O–H groups in total. The summed E-state index contributed by atoms with van der Waals surface area (Å²) in [6, 6.07) is 5.62. The normalized spacial score (nSPS) is 13.8. The molecule has 1 rings (SSSR count). The van der Waals surface area contributed by atoms with Crippen LogP contribution < -0.4 is 4.74 Å². The van der Waals surface area contributed by atoms with Gasteiger partial charge in [0.25, 0.3) is 5.91 Å². The second kappa shape index (κ2) is 6.35. The van der Waals surface area contributed by atoms with Crippen LogP contribution in [-0.4, -0.2) is 41.7 Å². The number of halogens is 1. The largest absolute Gasteiger partial charge is 0.478 e. The van der Waals surface area contributed by atoms with Gasteiger partial charge in [-0.3, -0.25) is 4.79 Å². The lowest BCUT2D eigenvalue weighted by molar-refractivity contribution is -0.139. The molecule has 2 unspecified atom stereocenters. The maximum Gasteiger partial charge on any atom is 0.263 e. The van der Waals surface area contributed by atoms with Gasteiger partial charge in [-0.15, -0.1) is 0 Å². The molecule has 1 amide bonds. The van der Waals surface area contributed by atoms with Gasteiger partial charge >= 0.3 is 0 Å². The van der Waals surface area contributed by atoms with Crippen LogP contribution in [0.1, 0.15) is 13.8 Å². The molecule has 1 aromatic rings. The van der Waals surface area contributed by atoms with Crippen molar-refractivity contribution in [2.45, 2.75) is 26.0 Å². The third kappa shape index (κ3) is 3.43. The molecule has 0 bridgehead atoms. The molecule has 0 aliphatic rings. The van der Waals surface area contributed by atoms with E-state index in [1.807, 2.05) is 0 Å². The lowest BCUT2D eigenvalue weighted by atomic mass is 10.2. The van der Waals surface area contributed by atoms with E-state index in [1.165, 1.54) is 17.0 Å². The zero-order valence-electron chi connectivity index (χ0n) is 10.8. The highest BCUT2D eigenvalue weighted by atomic mass is 19.1. The predicted octanol–water partition coefficient (Wildman–Crippen LogP) is 1.43. The lowest BCUT2D eigenvalue weighted by Crippen LogP contribution is -2.44. The number of carbonyl (C=O) groups is 1. The summed E-state index contributed by atoms with van der Waals surface area (Å²) in [6.07, 6.45) is -0.805. The quantitative estimate of drug-likeness (QED) is 0.866. The van der Waals surface area contributed by atoms with Crippen molar-refractivity contribution in [1.82, 2.24) is 4.90 Å². The first-order valence-corrected chi connectivity index (χ1v) is 5.76. The third-order valence-electron chi connectivity index (χ3n) is 2.76. The van der Waals surface area contributed by atoms with E-state index in [9.17, 15) is 9.18 Å². The summed E-state index contributed by atoms with van der Waals surface area (Å²) < 4.78 is 18.6. The summed E-state index contributed by atoms with van der Waals surface area (Å²) in [5.74, 6) is -0.766. The molecule has 0 spiro atoms. The van der Waals surface area contributed by atoms with Crippen molar-refractivity contribution < 1.29 is 19.0 Å². The summed E-state index contributed by atoms with van der Waals surface area (Å²) >= 11 is 0. The minimum atomic E-state index is -0.805. The van der Waals surface area contributed by atoms with Crippen LogP contribution in [0.2, 0.25) is 0 Å². The Morgan fingerprint density at radius 2 is 2.06 bits per heavy atom. The van der Waals surface area contributed by atoms with Crippen LogP contribution in [0.3, 0.4) is 0 Å².